The molecule has 2 nitrogen and oxygen atoms in total. The standard InChI is InChI=1S/C17H14ClNO/c1-12-5-7-13(8-6-12)9-19-10-14(11-20)15-3-2-4-16(18)17(15)19/h2-8,10-11H,9H2,1H3. The molecule has 1 heterocycles. The molecule has 100 valence electrons. The molecule has 0 amide bonds. The molecular weight excluding hydrogens is 270 g/mol. The van der Waals surface area contributed by atoms with E-state index in [4.69, 9.17) is 11.6 Å². The van der Waals surface area contributed by atoms with Crippen LogP contribution in [-0.4, -0.2) is 10.9 Å². The Bertz CT molecular complexity index is 772. The van der Waals surface area contributed by atoms with Crippen LogP contribution < -0.4 is 0 Å². The number of aryl methyl sites for hydroxylation is 1. The molecule has 0 saturated carbocycles. The van der Waals surface area contributed by atoms with Crippen LogP contribution in [0.5, 0.6) is 0 Å². The maximum absolute atomic E-state index is 11.2. The molecule has 0 spiro atoms. The number of rotatable bonds is 3. The lowest BCUT2D eigenvalue weighted by atomic mass is 10.1. The van der Waals surface area contributed by atoms with Crippen molar-refractivity contribution < 1.29 is 4.79 Å². The number of para-hydroxylation sites is 1. The highest BCUT2D eigenvalue weighted by molar-refractivity contribution is 6.35. The maximum atomic E-state index is 11.2. The minimum absolute atomic E-state index is 0.669. The van der Waals surface area contributed by atoms with Gasteiger partial charge in [-0.05, 0) is 18.6 Å². The second kappa shape index (κ2) is 5.14. The van der Waals surface area contributed by atoms with Crippen molar-refractivity contribution in [2.24, 2.45) is 0 Å². The van der Waals surface area contributed by atoms with Gasteiger partial charge in [0, 0.05) is 23.7 Å². The molecule has 20 heavy (non-hydrogen) atoms. The summed E-state index contributed by atoms with van der Waals surface area (Å²) >= 11 is 6.29. The summed E-state index contributed by atoms with van der Waals surface area (Å²) in [6.07, 6.45) is 2.74. The number of hydrogen-bond donors (Lipinski definition) is 0. The molecule has 3 heteroatoms. The summed E-state index contributed by atoms with van der Waals surface area (Å²) in [5, 5.41) is 1.57. The van der Waals surface area contributed by atoms with Gasteiger partial charge in [0.15, 0.2) is 6.29 Å². The minimum Gasteiger partial charge on any atom is -0.341 e. The maximum Gasteiger partial charge on any atom is 0.152 e. The molecule has 0 fully saturated rings. The molecule has 0 aliphatic heterocycles. The first kappa shape index (κ1) is 12.9. The van der Waals surface area contributed by atoms with Gasteiger partial charge in [-0.1, -0.05) is 53.6 Å². The fourth-order valence-electron chi connectivity index (χ4n) is 2.45. The monoisotopic (exact) mass is 283 g/mol. The van der Waals surface area contributed by atoms with Gasteiger partial charge in [0.2, 0.25) is 0 Å². The molecule has 0 radical (unpaired) electrons. The second-order valence-corrected chi connectivity index (χ2v) is 5.36. The molecule has 0 aliphatic rings. The Balaban J connectivity index is 2.11. The Kier molecular flexibility index (Phi) is 3.33. The highest BCUT2D eigenvalue weighted by atomic mass is 35.5. The number of hydrogen-bond acceptors (Lipinski definition) is 1. The Labute approximate surface area is 122 Å². The van der Waals surface area contributed by atoms with Crippen LogP contribution in [0, 0.1) is 6.92 Å². The lowest BCUT2D eigenvalue weighted by Gasteiger charge is -2.07. The van der Waals surface area contributed by atoms with Crippen molar-refractivity contribution in [2.75, 3.05) is 0 Å². The molecule has 2 aromatic carbocycles. The summed E-state index contributed by atoms with van der Waals surface area (Å²) in [6, 6.07) is 14.0. The Morgan fingerprint density at radius 3 is 2.60 bits per heavy atom. The van der Waals surface area contributed by atoms with Crippen molar-refractivity contribution in [2.45, 2.75) is 13.5 Å². The lowest BCUT2D eigenvalue weighted by Crippen LogP contribution is -1.98. The molecular formula is C17H14ClNO. The normalized spacial score (nSPS) is 10.9. The SMILES string of the molecule is Cc1ccc(Cn2cc(C=O)c3cccc(Cl)c32)cc1. The van der Waals surface area contributed by atoms with E-state index < -0.39 is 0 Å². The predicted octanol–water partition coefficient (Wildman–Crippen LogP) is 4.46. The number of benzene rings is 2. The van der Waals surface area contributed by atoms with Gasteiger partial charge in [-0.15, -0.1) is 0 Å². The molecule has 0 N–H and O–H groups in total. The smallest absolute Gasteiger partial charge is 0.152 e. The zero-order valence-electron chi connectivity index (χ0n) is 11.1. The van der Waals surface area contributed by atoms with E-state index in [1.54, 1.807) is 0 Å². The van der Waals surface area contributed by atoms with E-state index >= 15 is 0 Å². The molecule has 1 aromatic heterocycles. The predicted molar refractivity (Wildman–Crippen MR) is 82.6 cm³/mol. The van der Waals surface area contributed by atoms with Crippen molar-refractivity contribution in [1.29, 1.82) is 0 Å². The van der Waals surface area contributed by atoms with Crippen LogP contribution in [-0.2, 0) is 6.54 Å². The molecule has 0 saturated heterocycles. The van der Waals surface area contributed by atoms with Gasteiger partial charge in [0.25, 0.3) is 0 Å². The molecule has 0 atom stereocenters. The number of nitrogens with zero attached hydrogens (tertiary/aromatic N) is 1. The van der Waals surface area contributed by atoms with Gasteiger partial charge < -0.3 is 4.57 Å². The third kappa shape index (κ3) is 2.23. The highest BCUT2D eigenvalue weighted by Crippen LogP contribution is 2.28. The summed E-state index contributed by atoms with van der Waals surface area (Å²) in [4.78, 5) is 11.2. The van der Waals surface area contributed by atoms with Crippen LogP contribution in [0.1, 0.15) is 21.5 Å². The molecule has 3 aromatic rings. The largest absolute Gasteiger partial charge is 0.341 e. The summed E-state index contributed by atoms with van der Waals surface area (Å²) in [7, 11) is 0. The van der Waals surface area contributed by atoms with Gasteiger partial charge in [-0.2, -0.15) is 0 Å². The number of carbonyl (C=O) groups is 1. The van der Waals surface area contributed by atoms with E-state index in [0.29, 0.717) is 17.1 Å². The van der Waals surface area contributed by atoms with Crippen molar-refractivity contribution in [1.82, 2.24) is 4.57 Å². The van der Waals surface area contributed by atoms with Crippen LogP contribution in [0.4, 0.5) is 0 Å². The van der Waals surface area contributed by atoms with Crippen molar-refractivity contribution >= 4 is 28.8 Å². The van der Waals surface area contributed by atoms with Crippen molar-refractivity contribution in [3.63, 3.8) is 0 Å². The third-order valence-corrected chi connectivity index (χ3v) is 3.79. The number of halogens is 1. The van der Waals surface area contributed by atoms with Crippen LogP contribution in [0.15, 0.2) is 48.7 Å². The first-order valence-corrected chi connectivity index (χ1v) is 6.85. The van der Waals surface area contributed by atoms with Crippen molar-refractivity contribution in [3.8, 4) is 0 Å². The van der Waals surface area contributed by atoms with E-state index in [1.807, 2.05) is 29.0 Å². The van der Waals surface area contributed by atoms with Crippen LogP contribution in [0.2, 0.25) is 5.02 Å². The number of carbonyl (C=O) groups excluding carboxylic acids is 1. The van der Waals surface area contributed by atoms with Gasteiger partial charge in [0.1, 0.15) is 0 Å². The zero-order chi connectivity index (χ0) is 14.1. The average molecular weight is 284 g/mol. The second-order valence-electron chi connectivity index (χ2n) is 4.95. The Morgan fingerprint density at radius 1 is 1.15 bits per heavy atom. The van der Waals surface area contributed by atoms with Crippen LogP contribution >= 0.6 is 11.6 Å². The van der Waals surface area contributed by atoms with Gasteiger partial charge in [0.05, 0.1) is 10.5 Å². The fraction of sp³-hybridized carbons (Fsp3) is 0.118. The molecule has 0 aliphatic carbocycles. The van der Waals surface area contributed by atoms with E-state index in [2.05, 4.69) is 31.2 Å². The quantitative estimate of drug-likeness (QED) is 0.650. The van der Waals surface area contributed by atoms with E-state index in [1.165, 1.54) is 11.1 Å². The fourth-order valence-corrected chi connectivity index (χ4v) is 2.73. The minimum atomic E-state index is 0.669. The topological polar surface area (TPSA) is 22.0 Å². The van der Waals surface area contributed by atoms with Crippen LogP contribution in [0.25, 0.3) is 10.9 Å². The van der Waals surface area contributed by atoms with Gasteiger partial charge in [-0.25, -0.2) is 0 Å². The molecule has 0 unspecified atom stereocenters. The lowest BCUT2D eigenvalue weighted by molar-refractivity contribution is 0.112. The van der Waals surface area contributed by atoms with Crippen molar-refractivity contribution in [3.05, 3.63) is 70.4 Å². The average Bonchev–Trinajstić information content (AvgIpc) is 2.81. The van der Waals surface area contributed by atoms with E-state index in [0.717, 1.165) is 17.2 Å². The first-order chi connectivity index (χ1) is 9.69. The van der Waals surface area contributed by atoms with Crippen LogP contribution in [0.3, 0.4) is 0 Å². The number of aldehydes is 1. The molecule has 3 rings (SSSR count). The number of fused-ring (bicyclic) bond motifs is 1. The Hall–Kier alpha value is -2.06. The number of aromatic nitrogens is 1. The van der Waals surface area contributed by atoms with Gasteiger partial charge in [-0.3, -0.25) is 4.79 Å². The zero-order valence-corrected chi connectivity index (χ0v) is 11.9. The van der Waals surface area contributed by atoms with E-state index in [-0.39, 0.29) is 0 Å². The Morgan fingerprint density at radius 2 is 1.90 bits per heavy atom. The summed E-state index contributed by atoms with van der Waals surface area (Å²) < 4.78 is 2.03. The molecule has 0 bridgehead atoms. The summed E-state index contributed by atoms with van der Waals surface area (Å²) in [5.74, 6) is 0. The third-order valence-electron chi connectivity index (χ3n) is 3.48. The highest BCUT2D eigenvalue weighted by Gasteiger charge is 2.11. The first-order valence-electron chi connectivity index (χ1n) is 6.47. The summed E-state index contributed by atoms with van der Waals surface area (Å²) in [6.45, 7) is 2.77. The van der Waals surface area contributed by atoms with E-state index in [9.17, 15) is 4.79 Å². The summed E-state index contributed by atoms with van der Waals surface area (Å²) in [5.41, 5.74) is 4.01. The van der Waals surface area contributed by atoms with Gasteiger partial charge >= 0.3 is 0 Å².